The maximum Gasteiger partial charge on any atom is 0.122 e. The highest BCUT2D eigenvalue weighted by atomic mass is 15.1. The molecule has 2 rings (SSSR count). The summed E-state index contributed by atoms with van der Waals surface area (Å²) in [4.78, 5) is 8.42. The molecule has 0 atom stereocenters. The van der Waals surface area contributed by atoms with Gasteiger partial charge in [-0.15, -0.1) is 0 Å². The molecule has 4 nitrogen and oxygen atoms in total. The van der Waals surface area contributed by atoms with Crippen molar-refractivity contribution in [3.8, 4) is 0 Å². The van der Waals surface area contributed by atoms with Crippen LogP contribution in [0.1, 0.15) is 18.3 Å². The second-order valence-corrected chi connectivity index (χ2v) is 3.92. The van der Waals surface area contributed by atoms with Crippen molar-refractivity contribution < 1.29 is 0 Å². The topological polar surface area (TPSA) is 42.7 Å². The van der Waals surface area contributed by atoms with Crippen LogP contribution in [0.25, 0.3) is 0 Å². The first-order valence-corrected chi connectivity index (χ1v) is 5.99. The van der Waals surface area contributed by atoms with Gasteiger partial charge in [-0.3, -0.25) is 4.98 Å². The van der Waals surface area contributed by atoms with Gasteiger partial charge in [0.25, 0.3) is 0 Å². The fourth-order valence-electron chi connectivity index (χ4n) is 1.77. The minimum Gasteiger partial charge on any atom is -0.334 e. The van der Waals surface area contributed by atoms with E-state index in [1.807, 2.05) is 24.7 Å². The predicted octanol–water partition coefficient (Wildman–Crippen LogP) is 1.63. The van der Waals surface area contributed by atoms with Crippen molar-refractivity contribution in [1.82, 2.24) is 19.9 Å². The number of pyridine rings is 1. The van der Waals surface area contributed by atoms with Crippen LogP contribution in [0.2, 0.25) is 0 Å². The van der Waals surface area contributed by atoms with Crippen LogP contribution in [0.15, 0.2) is 36.9 Å². The SMILES string of the molecule is CCn1ccnc1CNCCc1cccnc1. The predicted molar refractivity (Wildman–Crippen MR) is 67.5 cm³/mol. The van der Waals surface area contributed by atoms with E-state index in [1.54, 1.807) is 6.20 Å². The van der Waals surface area contributed by atoms with Gasteiger partial charge in [0.1, 0.15) is 5.82 Å². The Kier molecular flexibility index (Phi) is 4.27. The van der Waals surface area contributed by atoms with Crippen LogP contribution in [0.3, 0.4) is 0 Å². The van der Waals surface area contributed by atoms with Crippen LogP contribution < -0.4 is 5.32 Å². The van der Waals surface area contributed by atoms with Crippen molar-refractivity contribution in [1.29, 1.82) is 0 Å². The highest BCUT2D eigenvalue weighted by molar-refractivity contribution is 5.08. The Bertz CT molecular complexity index is 436. The van der Waals surface area contributed by atoms with Gasteiger partial charge in [-0.25, -0.2) is 4.98 Å². The maximum atomic E-state index is 4.32. The average Bonchev–Trinajstić information content (AvgIpc) is 2.83. The van der Waals surface area contributed by atoms with Gasteiger partial charge in [0.2, 0.25) is 0 Å². The number of nitrogens with one attached hydrogen (secondary N) is 1. The van der Waals surface area contributed by atoms with Gasteiger partial charge in [-0.1, -0.05) is 6.07 Å². The molecule has 0 saturated heterocycles. The molecule has 0 radical (unpaired) electrons. The normalized spacial score (nSPS) is 10.6. The molecule has 4 heteroatoms. The summed E-state index contributed by atoms with van der Waals surface area (Å²) in [5, 5.41) is 3.40. The molecule has 0 fully saturated rings. The Morgan fingerprint density at radius 2 is 2.29 bits per heavy atom. The molecule has 2 aromatic rings. The van der Waals surface area contributed by atoms with Crippen LogP contribution in [-0.4, -0.2) is 21.1 Å². The summed E-state index contributed by atoms with van der Waals surface area (Å²) in [5.41, 5.74) is 1.26. The van der Waals surface area contributed by atoms with Crippen molar-refractivity contribution in [2.45, 2.75) is 26.4 Å². The fraction of sp³-hybridized carbons (Fsp3) is 0.385. The van der Waals surface area contributed by atoms with E-state index in [0.29, 0.717) is 0 Å². The summed E-state index contributed by atoms with van der Waals surface area (Å²) in [6, 6.07) is 4.07. The lowest BCUT2D eigenvalue weighted by Crippen LogP contribution is -2.19. The first-order chi connectivity index (χ1) is 8.40. The lowest BCUT2D eigenvalue weighted by atomic mass is 10.2. The number of rotatable bonds is 6. The molecule has 17 heavy (non-hydrogen) atoms. The van der Waals surface area contributed by atoms with E-state index in [0.717, 1.165) is 31.9 Å². The van der Waals surface area contributed by atoms with Gasteiger partial charge in [0.05, 0.1) is 6.54 Å². The van der Waals surface area contributed by atoms with E-state index in [-0.39, 0.29) is 0 Å². The Labute approximate surface area is 102 Å². The van der Waals surface area contributed by atoms with E-state index >= 15 is 0 Å². The molecule has 0 aliphatic heterocycles. The summed E-state index contributed by atoms with van der Waals surface area (Å²) >= 11 is 0. The van der Waals surface area contributed by atoms with Crippen molar-refractivity contribution in [2.24, 2.45) is 0 Å². The summed E-state index contributed by atoms with van der Waals surface area (Å²) in [6.07, 6.45) is 8.57. The van der Waals surface area contributed by atoms with Crippen molar-refractivity contribution in [2.75, 3.05) is 6.54 Å². The molecule has 0 aliphatic rings. The van der Waals surface area contributed by atoms with Gasteiger partial charge < -0.3 is 9.88 Å². The monoisotopic (exact) mass is 230 g/mol. The van der Waals surface area contributed by atoms with E-state index < -0.39 is 0 Å². The van der Waals surface area contributed by atoms with Crippen LogP contribution in [0.5, 0.6) is 0 Å². The lowest BCUT2D eigenvalue weighted by molar-refractivity contribution is 0.613. The zero-order valence-corrected chi connectivity index (χ0v) is 10.1. The third-order valence-electron chi connectivity index (χ3n) is 2.74. The van der Waals surface area contributed by atoms with Gasteiger partial charge in [-0.2, -0.15) is 0 Å². The molecule has 2 aromatic heterocycles. The van der Waals surface area contributed by atoms with Crippen LogP contribution >= 0.6 is 0 Å². The molecule has 0 bridgehead atoms. The van der Waals surface area contributed by atoms with E-state index in [2.05, 4.69) is 32.8 Å². The average molecular weight is 230 g/mol. The summed E-state index contributed by atoms with van der Waals surface area (Å²) in [5.74, 6) is 1.10. The van der Waals surface area contributed by atoms with Crippen molar-refractivity contribution in [3.05, 3.63) is 48.3 Å². The molecular formula is C13H18N4. The lowest BCUT2D eigenvalue weighted by Gasteiger charge is -2.06. The van der Waals surface area contributed by atoms with Crippen molar-refractivity contribution >= 4 is 0 Å². The Balaban J connectivity index is 1.73. The Morgan fingerprint density at radius 1 is 1.35 bits per heavy atom. The molecule has 0 aromatic carbocycles. The molecule has 90 valence electrons. The first-order valence-electron chi connectivity index (χ1n) is 5.99. The molecule has 0 saturated carbocycles. The smallest absolute Gasteiger partial charge is 0.122 e. The number of aromatic nitrogens is 3. The molecule has 1 N–H and O–H groups in total. The molecule has 0 amide bonds. The fourth-order valence-corrected chi connectivity index (χ4v) is 1.77. The quantitative estimate of drug-likeness (QED) is 0.767. The zero-order valence-electron chi connectivity index (χ0n) is 10.1. The third kappa shape index (κ3) is 3.39. The second-order valence-electron chi connectivity index (χ2n) is 3.92. The molecular weight excluding hydrogens is 212 g/mol. The first kappa shape index (κ1) is 11.8. The Hall–Kier alpha value is -1.68. The maximum absolute atomic E-state index is 4.32. The largest absolute Gasteiger partial charge is 0.334 e. The van der Waals surface area contributed by atoms with Gasteiger partial charge >= 0.3 is 0 Å². The minimum absolute atomic E-state index is 0.821. The van der Waals surface area contributed by atoms with Crippen LogP contribution in [0.4, 0.5) is 0 Å². The number of aryl methyl sites for hydroxylation is 1. The van der Waals surface area contributed by atoms with Crippen LogP contribution in [-0.2, 0) is 19.5 Å². The highest BCUT2D eigenvalue weighted by Gasteiger charge is 1.99. The van der Waals surface area contributed by atoms with Crippen molar-refractivity contribution in [3.63, 3.8) is 0 Å². The van der Waals surface area contributed by atoms with E-state index in [9.17, 15) is 0 Å². The third-order valence-corrected chi connectivity index (χ3v) is 2.74. The Morgan fingerprint density at radius 3 is 3.06 bits per heavy atom. The number of nitrogens with zero attached hydrogens (tertiary/aromatic N) is 3. The number of hydrogen-bond donors (Lipinski definition) is 1. The van der Waals surface area contributed by atoms with Gasteiger partial charge in [-0.05, 0) is 31.5 Å². The molecule has 0 unspecified atom stereocenters. The molecule has 0 aliphatic carbocycles. The summed E-state index contributed by atoms with van der Waals surface area (Å²) < 4.78 is 2.15. The zero-order chi connectivity index (χ0) is 11.9. The van der Waals surface area contributed by atoms with Crippen LogP contribution in [0, 0.1) is 0 Å². The van der Waals surface area contributed by atoms with E-state index in [1.165, 1.54) is 5.56 Å². The van der Waals surface area contributed by atoms with Gasteiger partial charge in [0, 0.05) is 31.3 Å². The summed E-state index contributed by atoms with van der Waals surface area (Å²) in [7, 11) is 0. The molecule has 0 spiro atoms. The second kappa shape index (κ2) is 6.15. The van der Waals surface area contributed by atoms with E-state index in [4.69, 9.17) is 0 Å². The standard InChI is InChI=1S/C13H18N4/c1-2-17-9-8-16-13(17)11-15-7-5-12-4-3-6-14-10-12/h3-4,6,8-10,15H,2,5,7,11H2,1H3. The highest BCUT2D eigenvalue weighted by Crippen LogP contribution is 1.98. The molecule has 2 heterocycles. The minimum atomic E-state index is 0.821. The van der Waals surface area contributed by atoms with Gasteiger partial charge in [0.15, 0.2) is 0 Å². The summed E-state index contributed by atoms with van der Waals surface area (Å²) in [6.45, 7) is 4.86. The number of hydrogen-bond acceptors (Lipinski definition) is 3. The number of imidazole rings is 1.